The van der Waals surface area contributed by atoms with Gasteiger partial charge in [0, 0.05) is 30.6 Å². The van der Waals surface area contributed by atoms with Crippen LogP contribution >= 0.6 is 22.9 Å². The van der Waals surface area contributed by atoms with Crippen LogP contribution in [-0.2, 0) is 14.8 Å². The topological polar surface area (TPSA) is 73.8 Å². The molecule has 1 fully saturated rings. The summed E-state index contributed by atoms with van der Waals surface area (Å²) in [5, 5.41) is 1.21. The summed E-state index contributed by atoms with van der Waals surface area (Å²) in [5.41, 5.74) is 3.23. The van der Waals surface area contributed by atoms with Crippen LogP contribution in [0.15, 0.2) is 41.3 Å². The number of halogens is 1. The summed E-state index contributed by atoms with van der Waals surface area (Å²) in [6.45, 7) is 6.20. The summed E-state index contributed by atoms with van der Waals surface area (Å²) in [4.78, 5) is 22.8. The lowest BCUT2D eigenvalue weighted by Crippen LogP contribution is -2.45. The minimum atomic E-state index is -3.62. The minimum absolute atomic E-state index is 0.0331. The number of fused-ring (bicyclic) bond motifs is 1. The van der Waals surface area contributed by atoms with Crippen molar-refractivity contribution in [2.24, 2.45) is 5.92 Å². The van der Waals surface area contributed by atoms with Crippen LogP contribution in [0.2, 0.25) is 5.02 Å². The van der Waals surface area contributed by atoms with Gasteiger partial charge in [0.15, 0.2) is 5.13 Å². The van der Waals surface area contributed by atoms with E-state index < -0.39 is 10.0 Å². The standard InChI is InChI=1S/C26H33ClN4O3S2/c1-18-16-19(2)24-23(17-18)28-26(35-24)31(13-5-12-29(3)4)25(32)20-10-14-30(15-11-20)36(33,34)22-8-6-21(27)7-9-22/h6-9,16-17,20H,5,10-15H2,1-4H3. The van der Waals surface area contributed by atoms with E-state index >= 15 is 0 Å². The number of hydrogen-bond donors (Lipinski definition) is 0. The molecule has 10 heteroatoms. The summed E-state index contributed by atoms with van der Waals surface area (Å²) in [6, 6.07) is 10.4. The van der Waals surface area contributed by atoms with Gasteiger partial charge in [0.1, 0.15) is 0 Å². The van der Waals surface area contributed by atoms with Gasteiger partial charge in [0.2, 0.25) is 15.9 Å². The van der Waals surface area contributed by atoms with Gasteiger partial charge in [-0.1, -0.05) is 29.0 Å². The number of benzene rings is 2. The third kappa shape index (κ3) is 5.92. The maximum atomic E-state index is 13.8. The monoisotopic (exact) mass is 548 g/mol. The number of piperidine rings is 1. The molecule has 0 aliphatic carbocycles. The van der Waals surface area contributed by atoms with E-state index in [2.05, 4.69) is 30.9 Å². The molecule has 2 aromatic carbocycles. The third-order valence-corrected chi connectivity index (χ3v) is 9.94. The van der Waals surface area contributed by atoms with E-state index in [4.69, 9.17) is 16.6 Å². The molecular formula is C26H33ClN4O3S2. The molecule has 1 saturated heterocycles. The zero-order valence-corrected chi connectivity index (χ0v) is 23.6. The number of aryl methyl sites for hydroxylation is 2. The Kier molecular flexibility index (Phi) is 8.36. The Morgan fingerprint density at radius 1 is 1.11 bits per heavy atom. The highest BCUT2D eigenvalue weighted by Crippen LogP contribution is 2.34. The predicted octanol–water partition coefficient (Wildman–Crippen LogP) is 4.95. The van der Waals surface area contributed by atoms with Gasteiger partial charge in [-0.25, -0.2) is 13.4 Å². The van der Waals surface area contributed by atoms with E-state index in [1.54, 1.807) is 23.5 Å². The number of sulfonamides is 1. The van der Waals surface area contributed by atoms with Crippen LogP contribution in [0.1, 0.15) is 30.4 Å². The first-order chi connectivity index (χ1) is 17.1. The molecule has 1 aliphatic rings. The highest BCUT2D eigenvalue weighted by molar-refractivity contribution is 7.89. The normalized spacial score (nSPS) is 15.6. The molecule has 7 nitrogen and oxygen atoms in total. The van der Waals surface area contributed by atoms with Crippen LogP contribution in [0.5, 0.6) is 0 Å². The number of rotatable bonds is 8. The minimum Gasteiger partial charge on any atom is -0.309 e. The molecule has 0 saturated carbocycles. The summed E-state index contributed by atoms with van der Waals surface area (Å²) < 4.78 is 28.7. The summed E-state index contributed by atoms with van der Waals surface area (Å²) in [5.74, 6) is -0.207. The van der Waals surface area contributed by atoms with Crippen molar-refractivity contribution >= 4 is 54.2 Å². The third-order valence-electron chi connectivity index (χ3n) is 6.55. The Labute approximate surface area is 222 Å². The Morgan fingerprint density at radius 3 is 2.42 bits per heavy atom. The Bertz CT molecular complexity index is 1330. The molecule has 0 N–H and O–H groups in total. The predicted molar refractivity (Wildman–Crippen MR) is 148 cm³/mol. The van der Waals surface area contributed by atoms with Crippen molar-refractivity contribution in [3.8, 4) is 0 Å². The number of amides is 1. The molecular weight excluding hydrogens is 516 g/mol. The largest absolute Gasteiger partial charge is 0.309 e. The Balaban J connectivity index is 1.52. The number of hydrogen-bond acceptors (Lipinski definition) is 6. The quantitative estimate of drug-likeness (QED) is 0.398. The van der Waals surface area contributed by atoms with E-state index in [1.165, 1.54) is 16.4 Å². The zero-order chi connectivity index (χ0) is 26.0. The fourth-order valence-electron chi connectivity index (χ4n) is 4.64. The molecule has 3 aromatic rings. The average molecular weight is 549 g/mol. The van der Waals surface area contributed by atoms with Gasteiger partial charge in [-0.05, 0) is 95.2 Å². The molecule has 0 unspecified atom stereocenters. The van der Waals surface area contributed by atoms with E-state index in [0.29, 0.717) is 37.5 Å². The maximum Gasteiger partial charge on any atom is 0.243 e. The van der Waals surface area contributed by atoms with Crippen molar-refractivity contribution in [2.75, 3.05) is 45.2 Å². The number of thiazole rings is 1. The molecule has 0 spiro atoms. The SMILES string of the molecule is Cc1cc(C)c2sc(N(CCCN(C)C)C(=O)C3CCN(S(=O)(=O)c4ccc(Cl)cc4)CC3)nc2c1. The van der Waals surface area contributed by atoms with Crippen LogP contribution in [0.4, 0.5) is 5.13 Å². The van der Waals surface area contributed by atoms with E-state index in [-0.39, 0.29) is 16.7 Å². The lowest BCUT2D eigenvalue weighted by atomic mass is 9.96. The van der Waals surface area contributed by atoms with Gasteiger partial charge < -0.3 is 4.90 Å². The maximum absolute atomic E-state index is 13.8. The molecule has 0 atom stereocenters. The highest BCUT2D eigenvalue weighted by atomic mass is 35.5. The number of anilines is 1. The highest BCUT2D eigenvalue weighted by Gasteiger charge is 2.35. The van der Waals surface area contributed by atoms with Crippen LogP contribution in [0, 0.1) is 19.8 Å². The summed E-state index contributed by atoms with van der Waals surface area (Å²) in [6.07, 6.45) is 1.80. The van der Waals surface area contributed by atoms with Crippen LogP contribution < -0.4 is 4.90 Å². The van der Waals surface area contributed by atoms with E-state index in [1.807, 2.05) is 19.0 Å². The average Bonchev–Trinajstić information content (AvgIpc) is 3.25. The van der Waals surface area contributed by atoms with Crippen LogP contribution in [-0.4, -0.2) is 68.8 Å². The molecule has 4 rings (SSSR count). The molecule has 194 valence electrons. The molecule has 2 heterocycles. The molecule has 36 heavy (non-hydrogen) atoms. The fourth-order valence-corrected chi connectivity index (χ4v) is 7.29. The molecule has 1 aliphatic heterocycles. The molecule has 0 bridgehead atoms. The zero-order valence-electron chi connectivity index (χ0n) is 21.2. The van der Waals surface area contributed by atoms with Gasteiger partial charge in [0.05, 0.1) is 15.1 Å². The van der Waals surface area contributed by atoms with Crippen molar-refractivity contribution in [1.82, 2.24) is 14.2 Å². The van der Waals surface area contributed by atoms with Crippen molar-refractivity contribution < 1.29 is 13.2 Å². The van der Waals surface area contributed by atoms with Gasteiger partial charge in [-0.2, -0.15) is 4.31 Å². The first-order valence-corrected chi connectivity index (χ1v) is 14.8. The van der Waals surface area contributed by atoms with Crippen LogP contribution in [0.25, 0.3) is 10.2 Å². The fraction of sp³-hybridized carbons (Fsp3) is 0.462. The number of aromatic nitrogens is 1. The van der Waals surface area contributed by atoms with Gasteiger partial charge in [-0.15, -0.1) is 0 Å². The van der Waals surface area contributed by atoms with Crippen molar-refractivity contribution in [3.05, 3.63) is 52.5 Å². The van der Waals surface area contributed by atoms with Gasteiger partial charge in [-0.3, -0.25) is 9.69 Å². The molecule has 0 radical (unpaired) electrons. The second-order valence-corrected chi connectivity index (χ2v) is 13.1. The van der Waals surface area contributed by atoms with Gasteiger partial charge >= 0.3 is 0 Å². The molecule has 1 amide bonds. The first kappa shape index (κ1) is 27.0. The Morgan fingerprint density at radius 2 is 1.78 bits per heavy atom. The van der Waals surface area contributed by atoms with Crippen molar-refractivity contribution in [3.63, 3.8) is 0 Å². The number of nitrogens with zero attached hydrogens (tertiary/aromatic N) is 4. The molecule has 1 aromatic heterocycles. The number of carbonyl (C=O) groups excluding carboxylic acids is 1. The lowest BCUT2D eigenvalue weighted by molar-refractivity contribution is -0.123. The van der Waals surface area contributed by atoms with E-state index in [0.717, 1.165) is 39.4 Å². The Hall–Kier alpha value is -2.04. The van der Waals surface area contributed by atoms with E-state index in [9.17, 15) is 13.2 Å². The summed E-state index contributed by atoms with van der Waals surface area (Å²) in [7, 11) is 0.425. The van der Waals surface area contributed by atoms with Crippen molar-refractivity contribution in [1.29, 1.82) is 0 Å². The summed E-state index contributed by atoms with van der Waals surface area (Å²) >= 11 is 7.48. The second kappa shape index (κ2) is 11.1. The lowest BCUT2D eigenvalue weighted by Gasteiger charge is -2.33. The van der Waals surface area contributed by atoms with Crippen molar-refractivity contribution in [2.45, 2.75) is 38.0 Å². The number of carbonyl (C=O) groups is 1. The first-order valence-electron chi connectivity index (χ1n) is 12.2. The van der Waals surface area contributed by atoms with Crippen LogP contribution in [0.3, 0.4) is 0 Å². The smallest absolute Gasteiger partial charge is 0.243 e. The van der Waals surface area contributed by atoms with Gasteiger partial charge in [0.25, 0.3) is 0 Å². The second-order valence-electron chi connectivity index (χ2n) is 9.71.